The number of hydrogen-bond donors (Lipinski definition) is 0. The molecule has 1 heterocycles. The lowest BCUT2D eigenvalue weighted by Crippen LogP contribution is -2.32. The molecule has 150 valence electrons. The molecule has 4 rings (SSSR count). The predicted molar refractivity (Wildman–Crippen MR) is 125 cm³/mol. The molecular weight excluding hydrogens is 440 g/mol. The fourth-order valence-electron chi connectivity index (χ4n) is 3.23. The first-order valence-corrected chi connectivity index (χ1v) is 10.5. The minimum Gasteiger partial charge on any atom is -0.494 e. The van der Waals surface area contributed by atoms with Gasteiger partial charge in [-0.05, 0) is 61.9 Å². The Hall–Kier alpha value is -3.18. The van der Waals surface area contributed by atoms with E-state index in [1.807, 2.05) is 92.7 Å². The van der Waals surface area contributed by atoms with Crippen molar-refractivity contribution in [1.82, 2.24) is 0 Å². The summed E-state index contributed by atoms with van der Waals surface area (Å²) in [5, 5.41) is 0. The number of hydrogen-bond acceptors (Lipinski definition) is 3. The molecule has 4 nitrogen and oxygen atoms in total. The van der Waals surface area contributed by atoms with E-state index < -0.39 is 0 Å². The van der Waals surface area contributed by atoms with Crippen molar-refractivity contribution < 1.29 is 9.53 Å². The number of amidine groups is 1. The molecule has 0 spiro atoms. The Kier molecular flexibility index (Phi) is 5.81. The lowest BCUT2D eigenvalue weighted by Gasteiger charge is -2.19. The number of aryl methyl sites for hydroxylation is 1. The lowest BCUT2D eigenvalue weighted by atomic mass is 10.1. The quantitative estimate of drug-likeness (QED) is 0.438. The highest BCUT2D eigenvalue weighted by molar-refractivity contribution is 9.10. The first-order valence-electron chi connectivity index (χ1n) is 9.75. The Morgan fingerprint density at radius 3 is 2.27 bits per heavy atom. The number of nitrogens with zero attached hydrogens (tertiary/aromatic N) is 2. The Balaban J connectivity index is 1.76. The van der Waals surface area contributed by atoms with Gasteiger partial charge in [0.25, 0.3) is 5.91 Å². The third-order valence-electron chi connectivity index (χ3n) is 4.75. The van der Waals surface area contributed by atoms with Crippen molar-refractivity contribution in [2.75, 3.05) is 11.5 Å². The molecule has 30 heavy (non-hydrogen) atoms. The molecule has 0 atom stereocenters. The molecule has 0 radical (unpaired) electrons. The molecule has 0 saturated heterocycles. The molecule has 0 saturated carbocycles. The van der Waals surface area contributed by atoms with Crippen molar-refractivity contribution in [1.29, 1.82) is 0 Å². The molecule has 3 aromatic carbocycles. The Labute approximate surface area is 184 Å². The zero-order valence-electron chi connectivity index (χ0n) is 16.8. The van der Waals surface area contributed by atoms with E-state index in [1.54, 1.807) is 4.90 Å². The van der Waals surface area contributed by atoms with Crippen molar-refractivity contribution in [2.45, 2.75) is 13.8 Å². The maximum absolute atomic E-state index is 13.3. The molecule has 0 bridgehead atoms. The summed E-state index contributed by atoms with van der Waals surface area (Å²) >= 11 is 3.44. The monoisotopic (exact) mass is 460 g/mol. The van der Waals surface area contributed by atoms with E-state index in [1.165, 1.54) is 0 Å². The normalized spacial score (nSPS) is 14.9. The van der Waals surface area contributed by atoms with Crippen molar-refractivity contribution in [3.05, 3.63) is 99.7 Å². The van der Waals surface area contributed by atoms with Gasteiger partial charge in [0.2, 0.25) is 0 Å². The second-order valence-corrected chi connectivity index (χ2v) is 7.87. The fraction of sp³-hybridized carbons (Fsp3) is 0.120. The minimum absolute atomic E-state index is 0.155. The second-order valence-electron chi connectivity index (χ2n) is 6.95. The van der Waals surface area contributed by atoms with Gasteiger partial charge in [-0.25, -0.2) is 4.99 Å². The van der Waals surface area contributed by atoms with Crippen molar-refractivity contribution in [3.63, 3.8) is 0 Å². The number of rotatable bonds is 5. The van der Waals surface area contributed by atoms with Gasteiger partial charge in [0.1, 0.15) is 17.3 Å². The number of carbonyl (C=O) groups is 1. The molecule has 0 N–H and O–H groups in total. The Morgan fingerprint density at radius 2 is 1.63 bits per heavy atom. The van der Waals surface area contributed by atoms with E-state index in [9.17, 15) is 4.79 Å². The van der Waals surface area contributed by atoms with Gasteiger partial charge >= 0.3 is 0 Å². The second kappa shape index (κ2) is 8.67. The Bertz CT molecular complexity index is 1120. The van der Waals surface area contributed by atoms with E-state index in [2.05, 4.69) is 15.9 Å². The molecule has 0 unspecified atom stereocenters. The van der Waals surface area contributed by atoms with Crippen LogP contribution in [-0.4, -0.2) is 18.3 Å². The number of benzene rings is 3. The van der Waals surface area contributed by atoms with Crippen LogP contribution in [0, 0.1) is 6.92 Å². The van der Waals surface area contributed by atoms with E-state index in [-0.39, 0.29) is 5.91 Å². The van der Waals surface area contributed by atoms with Gasteiger partial charge in [-0.15, -0.1) is 0 Å². The largest absolute Gasteiger partial charge is 0.494 e. The molecule has 0 fully saturated rings. The number of aliphatic imine (C=N–C) groups is 1. The average molecular weight is 461 g/mol. The summed E-state index contributed by atoms with van der Waals surface area (Å²) in [5.74, 6) is 1.23. The SMILES string of the molecule is CCOc1ccc(N2C(=O)/C(=C\c3ccc(Br)cc3)N=C2c2ccc(C)cc2)cc1. The molecule has 1 amide bonds. The first-order chi connectivity index (χ1) is 14.5. The maximum Gasteiger partial charge on any atom is 0.282 e. The van der Waals surface area contributed by atoms with E-state index in [0.29, 0.717) is 18.1 Å². The molecule has 1 aliphatic heterocycles. The van der Waals surface area contributed by atoms with Gasteiger partial charge in [0.15, 0.2) is 0 Å². The summed E-state index contributed by atoms with van der Waals surface area (Å²) in [4.78, 5) is 19.7. The van der Waals surface area contributed by atoms with Gasteiger partial charge in [0, 0.05) is 10.0 Å². The minimum atomic E-state index is -0.155. The van der Waals surface area contributed by atoms with Crippen LogP contribution < -0.4 is 9.64 Å². The summed E-state index contributed by atoms with van der Waals surface area (Å²) in [6, 6.07) is 23.3. The zero-order valence-corrected chi connectivity index (χ0v) is 18.4. The third-order valence-corrected chi connectivity index (χ3v) is 5.28. The van der Waals surface area contributed by atoms with E-state index in [4.69, 9.17) is 9.73 Å². The highest BCUT2D eigenvalue weighted by Gasteiger charge is 2.32. The van der Waals surface area contributed by atoms with Crippen LogP contribution in [0.3, 0.4) is 0 Å². The molecule has 0 aromatic heterocycles. The van der Waals surface area contributed by atoms with Crippen molar-refractivity contribution in [2.24, 2.45) is 4.99 Å². The molecule has 1 aliphatic rings. The van der Waals surface area contributed by atoms with Gasteiger partial charge < -0.3 is 4.74 Å². The van der Waals surface area contributed by atoms with Crippen LogP contribution in [0.25, 0.3) is 6.08 Å². The summed E-state index contributed by atoms with van der Waals surface area (Å²) < 4.78 is 6.52. The smallest absolute Gasteiger partial charge is 0.282 e. The maximum atomic E-state index is 13.3. The molecular formula is C25H21BrN2O2. The number of anilines is 1. The highest BCUT2D eigenvalue weighted by Crippen LogP contribution is 2.29. The molecule has 3 aromatic rings. The van der Waals surface area contributed by atoms with Crippen molar-refractivity contribution >= 4 is 39.4 Å². The average Bonchev–Trinajstić information content (AvgIpc) is 3.07. The number of amides is 1. The Morgan fingerprint density at radius 1 is 0.967 bits per heavy atom. The topological polar surface area (TPSA) is 41.9 Å². The van der Waals surface area contributed by atoms with Crippen LogP contribution in [0.15, 0.2) is 88.0 Å². The number of carbonyl (C=O) groups excluding carboxylic acids is 1. The van der Waals surface area contributed by atoms with Crippen LogP contribution in [0.1, 0.15) is 23.6 Å². The number of halogens is 1. The third kappa shape index (κ3) is 4.21. The van der Waals surface area contributed by atoms with Crippen LogP contribution >= 0.6 is 15.9 Å². The predicted octanol–water partition coefficient (Wildman–Crippen LogP) is 5.99. The number of ether oxygens (including phenoxy) is 1. The first kappa shape index (κ1) is 20.1. The summed E-state index contributed by atoms with van der Waals surface area (Å²) in [7, 11) is 0. The fourth-order valence-corrected chi connectivity index (χ4v) is 3.49. The van der Waals surface area contributed by atoms with E-state index in [0.717, 1.165) is 32.6 Å². The van der Waals surface area contributed by atoms with Crippen LogP contribution in [0.4, 0.5) is 5.69 Å². The van der Waals surface area contributed by atoms with Crippen LogP contribution in [0.2, 0.25) is 0 Å². The summed E-state index contributed by atoms with van der Waals surface area (Å²) in [6.45, 7) is 4.58. The van der Waals surface area contributed by atoms with Gasteiger partial charge in [0.05, 0.1) is 12.3 Å². The van der Waals surface area contributed by atoms with Gasteiger partial charge in [-0.2, -0.15) is 0 Å². The zero-order chi connectivity index (χ0) is 21.1. The van der Waals surface area contributed by atoms with E-state index >= 15 is 0 Å². The van der Waals surface area contributed by atoms with Crippen LogP contribution in [-0.2, 0) is 4.79 Å². The van der Waals surface area contributed by atoms with Gasteiger partial charge in [-0.1, -0.05) is 57.9 Å². The lowest BCUT2D eigenvalue weighted by molar-refractivity contribution is -0.113. The standard InChI is InChI=1S/C25H21BrN2O2/c1-3-30-22-14-12-21(13-15-22)28-24(19-8-4-17(2)5-9-19)27-23(25(28)29)16-18-6-10-20(26)11-7-18/h4-16H,3H2,1-2H3/b23-16+. The summed E-state index contributed by atoms with van der Waals surface area (Å²) in [5.41, 5.74) is 4.12. The molecule has 0 aliphatic carbocycles. The summed E-state index contributed by atoms with van der Waals surface area (Å²) in [6.07, 6.45) is 1.82. The van der Waals surface area contributed by atoms with Crippen LogP contribution in [0.5, 0.6) is 5.75 Å². The molecule has 5 heteroatoms. The highest BCUT2D eigenvalue weighted by atomic mass is 79.9. The van der Waals surface area contributed by atoms with Gasteiger partial charge in [-0.3, -0.25) is 9.69 Å². The van der Waals surface area contributed by atoms with Crippen molar-refractivity contribution in [3.8, 4) is 5.75 Å².